The number of aryl methyl sites for hydroxylation is 2. The Hall–Kier alpha value is -5.05. The summed E-state index contributed by atoms with van der Waals surface area (Å²) in [5, 5.41) is 0.223. The summed E-state index contributed by atoms with van der Waals surface area (Å²) in [6.07, 6.45) is 2.19. The van der Waals surface area contributed by atoms with Gasteiger partial charge in [-0.3, -0.25) is 14.0 Å². The molecule has 5 aromatic rings. The molecule has 0 aliphatic rings. The number of fused-ring (bicyclic) bond motifs is 2. The van der Waals surface area contributed by atoms with Crippen molar-refractivity contribution in [2.24, 2.45) is 4.99 Å². The van der Waals surface area contributed by atoms with Gasteiger partial charge in [0.2, 0.25) is 0 Å². The van der Waals surface area contributed by atoms with Gasteiger partial charge in [-0.15, -0.1) is 0 Å². The number of rotatable bonds is 8. The van der Waals surface area contributed by atoms with E-state index in [0.29, 0.717) is 30.0 Å². The second kappa shape index (κ2) is 11.8. The first-order valence-corrected chi connectivity index (χ1v) is 12.9. The van der Waals surface area contributed by atoms with Crippen LogP contribution in [0.5, 0.6) is 5.75 Å². The molecule has 9 nitrogen and oxygen atoms in total. The maximum absolute atomic E-state index is 13.5. The third kappa shape index (κ3) is 5.54. The van der Waals surface area contributed by atoms with Crippen LogP contribution in [0, 0.1) is 0 Å². The van der Waals surface area contributed by atoms with E-state index in [2.05, 4.69) is 4.99 Å². The van der Waals surface area contributed by atoms with Crippen LogP contribution in [-0.2, 0) is 28.9 Å². The molecule has 3 aromatic heterocycles. The van der Waals surface area contributed by atoms with Gasteiger partial charge in [-0.05, 0) is 54.8 Å². The molecule has 0 saturated carbocycles. The first kappa shape index (κ1) is 26.6. The second-order valence-corrected chi connectivity index (χ2v) is 9.10. The number of hydrogen-bond donors (Lipinski definition) is 0. The van der Waals surface area contributed by atoms with Gasteiger partial charge in [0.25, 0.3) is 11.5 Å². The van der Waals surface area contributed by atoms with Crippen molar-refractivity contribution in [2.45, 2.75) is 26.3 Å². The fourth-order valence-electron chi connectivity index (χ4n) is 4.53. The number of pyridine rings is 2. The number of ether oxygens (including phenoxy) is 2. The Morgan fingerprint density at radius 3 is 2.42 bits per heavy atom. The molecule has 0 unspecified atom stereocenters. The molecule has 0 aliphatic carbocycles. The van der Waals surface area contributed by atoms with Crippen LogP contribution in [0.15, 0.2) is 94.8 Å². The highest BCUT2D eigenvalue weighted by Gasteiger charge is 2.20. The van der Waals surface area contributed by atoms with Crippen molar-refractivity contribution < 1.29 is 19.1 Å². The van der Waals surface area contributed by atoms with Gasteiger partial charge in [0, 0.05) is 12.7 Å². The van der Waals surface area contributed by atoms with E-state index < -0.39 is 11.9 Å². The summed E-state index contributed by atoms with van der Waals surface area (Å²) in [4.78, 5) is 49.1. The van der Waals surface area contributed by atoms with E-state index in [1.165, 1.54) is 10.5 Å². The molecule has 40 heavy (non-hydrogen) atoms. The molecule has 0 fully saturated rings. The van der Waals surface area contributed by atoms with Crippen LogP contribution in [-0.4, -0.2) is 39.5 Å². The molecule has 0 N–H and O–H groups in total. The van der Waals surface area contributed by atoms with Crippen LogP contribution in [0.3, 0.4) is 0 Å². The highest BCUT2D eigenvalue weighted by Crippen LogP contribution is 2.14. The lowest BCUT2D eigenvalue weighted by molar-refractivity contribution is -0.117. The number of aromatic nitrogens is 3. The summed E-state index contributed by atoms with van der Waals surface area (Å²) in [5.41, 5.74) is 2.34. The lowest BCUT2D eigenvalue weighted by atomic mass is 10.1. The molecule has 9 heteroatoms. The van der Waals surface area contributed by atoms with Crippen LogP contribution in [0.1, 0.15) is 28.4 Å². The molecular formula is C31H28N4O5. The average molecular weight is 537 g/mol. The molecule has 5 rings (SSSR count). The normalized spacial score (nSPS) is 11.6. The van der Waals surface area contributed by atoms with Gasteiger partial charge in [0.1, 0.15) is 22.6 Å². The number of nitrogens with zero attached hydrogens (tertiary/aromatic N) is 4. The number of hydrogen-bond acceptors (Lipinski definition) is 6. The molecule has 2 aromatic carbocycles. The Balaban J connectivity index is 1.73. The number of methoxy groups -OCH3 is 1. The zero-order chi connectivity index (χ0) is 28.1. The van der Waals surface area contributed by atoms with Gasteiger partial charge in [0.15, 0.2) is 5.49 Å². The van der Waals surface area contributed by atoms with Gasteiger partial charge in [-0.1, -0.05) is 48.5 Å². The first-order valence-electron chi connectivity index (χ1n) is 12.9. The Kier molecular flexibility index (Phi) is 7.82. The largest absolute Gasteiger partial charge is 0.497 e. The predicted octanol–water partition coefficient (Wildman–Crippen LogP) is 3.75. The second-order valence-electron chi connectivity index (χ2n) is 9.10. The summed E-state index contributed by atoms with van der Waals surface area (Å²) < 4.78 is 13.6. The minimum absolute atomic E-state index is 0.0107. The smallest absolute Gasteiger partial charge is 0.341 e. The molecule has 0 radical (unpaired) electrons. The third-order valence-corrected chi connectivity index (χ3v) is 6.50. The monoisotopic (exact) mass is 536 g/mol. The lowest BCUT2D eigenvalue weighted by Gasteiger charge is -2.15. The fourth-order valence-corrected chi connectivity index (χ4v) is 4.53. The zero-order valence-corrected chi connectivity index (χ0v) is 22.2. The van der Waals surface area contributed by atoms with Crippen molar-refractivity contribution in [1.82, 2.24) is 14.0 Å². The molecule has 0 bridgehead atoms. The van der Waals surface area contributed by atoms with Crippen LogP contribution in [0.2, 0.25) is 0 Å². The predicted molar refractivity (Wildman–Crippen MR) is 150 cm³/mol. The highest BCUT2D eigenvalue weighted by atomic mass is 16.5. The Labute approximate surface area is 230 Å². The Morgan fingerprint density at radius 1 is 0.950 bits per heavy atom. The number of amides is 1. The van der Waals surface area contributed by atoms with Crippen molar-refractivity contribution in [3.05, 3.63) is 118 Å². The van der Waals surface area contributed by atoms with Gasteiger partial charge < -0.3 is 14.0 Å². The quantitative estimate of drug-likeness (QED) is 0.221. The number of esters is 1. The third-order valence-electron chi connectivity index (χ3n) is 6.50. The molecule has 1 amide bonds. The maximum Gasteiger partial charge on any atom is 0.341 e. The number of benzene rings is 2. The van der Waals surface area contributed by atoms with Gasteiger partial charge >= 0.3 is 5.97 Å². The first-order chi connectivity index (χ1) is 19.5. The summed E-state index contributed by atoms with van der Waals surface area (Å²) in [5.74, 6) is -0.455. The lowest BCUT2D eigenvalue weighted by Crippen LogP contribution is -2.33. The zero-order valence-electron chi connectivity index (χ0n) is 22.2. The average Bonchev–Trinajstić information content (AvgIpc) is 2.97. The van der Waals surface area contributed by atoms with Crippen molar-refractivity contribution in [1.29, 1.82) is 0 Å². The van der Waals surface area contributed by atoms with Gasteiger partial charge in [-0.25, -0.2) is 9.78 Å². The van der Waals surface area contributed by atoms with Gasteiger partial charge in [0.05, 0.1) is 25.5 Å². The van der Waals surface area contributed by atoms with Crippen molar-refractivity contribution >= 4 is 28.6 Å². The van der Waals surface area contributed by atoms with Crippen molar-refractivity contribution in [3.8, 4) is 5.75 Å². The van der Waals surface area contributed by atoms with Crippen molar-refractivity contribution in [3.63, 3.8) is 0 Å². The van der Waals surface area contributed by atoms with E-state index in [4.69, 9.17) is 14.5 Å². The summed E-state index contributed by atoms with van der Waals surface area (Å²) in [6.45, 7) is 2.13. The van der Waals surface area contributed by atoms with Crippen LogP contribution in [0.4, 0.5) is 0 Å². The fraction of sp³-hybridized carbons (Fsp3) is 0.194. The Morgan fingerprint density at radius 2 is 1.70 bits per heavy atom. The number of carbonyl (C=O) groups is 2. The van der Waals surface area contributed by atoms with Crippen LogP contribution >= 0.6 is 0 Å². The minimum Gasteiger partial charge on any atom is -0.497 e. The molecule has 0 atom stereocenters. The van der Waals surface area contributed by atoms with Crippen LogP contribution in [0.25, 0.3) is 16.7 Å². The molecular weight excluding hydrogens is 508 g/mol. The van der Waals surface area contributed by atoms with Crippen molar-refractivity contribution in [2.75, 3.05) is 13.7 Å². The van der Waals surface area contributed by atoms with E-state index in [1.807, 2.05) is 30.3 Å². The summed E-state index contributed by atoms with van der Waals surface area (Å²) in [7, 11) is 1.57. The van der Waals surface area contributed by atoms with Crippen LogP contribution < -0.4 is 15.8 Å². The molecule has 0 aliphatic heterocycles. The Bertz CT molecular complexity index is 1820. The van der Waals surface area contributed by atoms with E-state index in [-0.39, 0.29) is 35.0 Å². The maximum atomic E-state index is 13.5. The van der Waals surface area contributed by atoms with E-state index in [1.54, 1.807) is 67.3 Å². The summed E-state index contributed by atoms with van der Waals surface area (Å²) >= 11 is 0. The molecule has 202 valence electrons. The van der Waals surface area contributed by atoms with E-state index in [0.717, 1.165) is 11.1 Å². The standard InChI is InChI=1S/C31H28N4O5/c1-3-40-31(38)25-20-24-28(32-26-11-7-8-17-34(26)30(24)37)35(18-16-21-9-5-4-6-10-21)29(25)33-27(36)19-22-12-14-23(39-2)15-13-22/h4-15,17,20H,3,16,18-19H2,1-2H3. The molecule has 0 spiro atoms. The molecule has 0 saturated heterocycles. The SMILES string of the molecule is CCOC(=O)c1cc2c(=O)n3ccccc3nc2n(CCc2ccccc2)c1=NC(=O)Cc1ccc(OC)cc1. The van der Waals surface area contributed by atoms with E-state index >= 15 is 0 Å². The topological polar surface area (TPSA) is 104 Å². The summed E-state index contributed by atoms with van der Waals surface area (Å²) in [6, 6.07) is 23.6. The van der Waals surface area contributed by atoms with Gasteiger partial charge in [-0.2, -0.15) is 4.99 Å². The van der Waals surface area contributed by atoms with E-state index in [9.17, 15) is 14.4 Å². The highest BCUT2D eigenvalue weighted by molar-refractivity contribution is 5.93. The molecule has 3 heterocycles. The number of carbonyl (C=O) groups excluding carboxylic acids is 2. The minimum atomic E-state index is -0.675.